The van der Waals surface area contributed by atoms with Crippen molar-refractivity contribution in [1.82, 2.24) is 14.7 Å². The number of carbonyl (C=O) groups is 1. The van der Waals surface area contributed by atoms with Gasteiger partial charge in [-0.1, -0.05) is 6.07 Å². The minimum Gasteiger partial charge on any atom is -0.395 e. The maximum atomic E-state index is 13.7. The number of aromatic nitrogens is 2. The number of carbonyl (C=O) groups excluding carboxylic acids is 1. The highest BCUT2D eigenvalue weighted by atomic mass is 19.4. The van der Waals surface area contributed by atoms with Gasteiger partial charge in [0.25, 0.3) is 5.91 Å². The lowest BCUT2D eigenvalue weighted by molar-refractivity contribution is -0.286. The highest BCUT2D eigenvalue weighted by Gasteiger charge is 2.44. The van der Waals surface area contributed by atoms with Crippen LogP contribution in [-0.4, -0.2) is 47.5 Å². The Hall–Kier alpha value is -3.67. The molecule has 5 rings (SSSR count). The minimum absolute atomic E-state index is 0.120. The number of anilines is 1. The Bertz CT molecular complexity index is 1320. The van der Waals surface area contributed by atoms with Crippen LogP contribution in [0.1, 0.15) is 27.3 Å². The van der Waals surface area contributed by atoms with Crippen LogP contribution >= 0.6 is 0 Å². The number of hydrogen-bond donors (Lipinski definition) is 0. The zero-order valence-corrected chi connectivity index (χ0v) is 18.6. The lowest BCUT2D eigenvalue weighted by Crippen LogP contribution is -2.28. The van der Waals surface area contributed by atoms with Crippen LogP contribution < -0.4 is 14.4 Å². The number of halogens is 5. The first-order chi connectivity index (χ1) is 16.4. The monoisotopic (exact) mass is 494 g/mol. The second-order valence-electron chi connectivity index (χ2n) is 8.38. The quantitative estimate of drug-likeness (QED) is 0.503. The Morgan fingerprint density at radius 1 is 1.11 bits per heavy atom. The SMILES string of the molecule is CN1CCc2c(c(C(F)(F)F)nn2-c2cccc(C(=O)N(C)c3ccc4c(c3)OC(F)(F)O4)c2)C1. The van der Waals surface area contributed by atoms with Gasteiger partial charge in [0.15, 0.2) is 17.2 Å². The minimum atomic E-state index is -4.61. The van der Waals surface area contributed by atoms with E-state index in [9.17, 15) is 26.7 Å². The molecule has 184 valence electrons. The Balaban J connectivity index is 1.47. The second kappa shape index (κ2) is 7.94. The lowest BCUT2D eigenvalue weighted by Gasteiger charge is -2.24. The van der Waals surface area contributed by atoms with Gasteiger partial charge in [0, 0.05) is 49.4 Å². The largest absolute Gasteiger partial charge is 0.586 e. The van der Waals surface area contributed by atoms with Gasteiger partial charge in [0.05, 0.1) is 11.4 Å². The summed E-state index contributed by atoms with van der Waals surface area (Å²) >= 11 is 0. The van der Waals surface area contributed by atoms with Gasteiger partial charge in [-0.3, -0.25) is 4.79 Å². The van der Waals surface area contributed by atoms with E-state index < -0.39 is 24.1 Å². The molecule has 2 aliphatic rings. The molecule has 1 amide bonds. The van der Waals surface area contributed by atoms with Gasteiger partial charge in [-0.2, -0.15) is 18.3 Å². The molecule has 3 aromatic rings. The van der Waals surface area contributed by atoms with E-state index in [0.717, 1.165) is 0 Å². The number of hydrogen-bond acceptors (Lipinski definition) is 5. The summed E-state index contributed by atoms with van der Waals surface area (Å²) in [5, 5.41) is 3.86. The van der Waals surface area contributed by atoms with Crippen molar-refractivity contribution in [1.29, 1.82) is 0 Å². The van der Waals surface area contributed by atoms with E-state index in [0.29, 0.717) is 24.3 Å². The number of rotatable bonds is 3. The third-order valence-electron chi connectivity index (χ3n) is 5.93. The molecule has 2 aliphatic heterocycles. The molecule has 3 heterocycles. The maximum Gasteiger partial charge on any atom is 0.586 e. The first kappa shape index (κ1) is 23.1. The van der Waals surface area contributed by atoms with Gasteiger partial charge in [-0.05, 0) is 37.4 Å². The summed E-state index contributed by atoms with van der Waals surface area (Å²) in [6.45, 7) is 0.690. The Kier molecular flexibility index (Phi) is 5.24. The van der Waals surface area contributed by atoms with Crippen molar-refractivity contribution in [3.05, 3.63) is 65.0 Å². The van der Waals surface area contributed by atoms with Crippen LogP contribution in [0.25, 0.3) is 5.69 Å². The van der Waals surface area contributed by atoms with Crippen LogP contribution in [0.5, 0.6) is 11.5 Å². The summed E-state index contributed by atoms with van der Waals surface area (Å²) in [5.41, 5.74) is 0.385. The van der Waals surface area contributed by atoms with E-state index in [1.54, 1.807) is 24.1 Å². The number of amides is 1. The van der Waals surface area contributed by atoms with Crippen LogP contribution in [0.4, 0.5) is 27.6 Å². The van der Waals surface area contributed by atoms with E-state index in [1.165, 1.54) is 47.0 Å². The van der Waals surface area contributed by atoms with Crippen LogP contribution in [-0.2, 0) is 19.1 Å². The standard InChI is InChI=1S/C23H19F5N4O3/c1-30-9-8-17-16(12-30)20(22(24,25)26)29-32(17)15-5-3-4-13(10-15)21(33)31(2)14-6-7-18-19(11-14)35-23(27,28)34-18/h3-7,10-11H,8-9,12H2,1-2H3. The van der Waals surface area contributed by atoms with Crippen LogP contribution in [0.2, 0.25) is 0 Å². The van der Waals surface area contributed by atoms with Crippen molar-refractivity contribution < 1.29 is 36.2 Å². The van der Waals surface area contributed by atoms with Crippen molar-refractivity contribution in [2.24, 2.45) is 0 Å². The smallest absolute Gasteiger partial charge is 0.395 e. The molecule has 0 saturated heterocycles. The average Bonchev–Trinajstić information content (AvgIpc) is 3.33. The van der Waals surface area contributed by atoms with Gasteiger partial charge in [0.1, 0.15) is 0 Å². The number of fused-ring (bicyclic) bond motifs is 2. The van der Waals surface area contributed by atoms with Crippen molar-refractivity contribution in [3.63, 3.8) is 0 Å². The molecule has 0 saturated carbocycles. The number of benzene rings is 2. The van der Waals surface area contributed by atoms with Gasteiger partial charge in [-0.25, -0.2) is 4.68 Å². The average molecular weight is 494 g/mol. The second-order valence-corrected chi connectivity index (χ2v) is 8.38. The Morgan fingerprint density at radius 3 is 2.60 bits per heavy atom. The predicted octanol–water partition coefficient (Wildman–Crippen LogP) is 4.48. The molecule has 0 fully saturated rings. The van der Waals surface area contributed by atoms with Gasteiger partial charge in [0.2, 0.25) is 0 Å². The fourth-order valence-corrected chi connectivity index (χ4v) is 4.22. The Morgan fingerprint density at radius 2 is 1.86 bits per heavy atom. The molecule has 0 N–H and O–H groups in total. The van der Waals surface area contributed by atoms with Gasteiger partial charge >= 0.3 is 12.5 Å². The summed E-state index contributed by atoms with van der Waals surface area (Å²) < 4.78 is 77.6. The third kappa shape index (κ3) is 4.18. The fourth-order valence-electron chi connectivity index (χ4n) is 4.22. The van der Waals surface area contributed by atoms with Crippen LogP contribution in [0.3, 0.4) is 0 Å². The highest BCUT2D eigenvalue weighted by Crippen LogP contribution is 2.43. The summed E-state index contributed by atoms with van der Waals surface area (Å²) in [6, 6.07) is 10.0. The summed E-state index contributed by atoms with van der Waals surface area (Å²) in [4.78, 5) is 16.1. The number of alkyl halides is 5. The highest BCUT2D eigenvalue weighted by molar-refractivity contribution is 6.06. The normalized spacial score (nSPS) is 16.8. The number of nitrogens with zero attached hydrogens (tertiary/aromatic N) is 4. The fraction of sp³-hybridized carbons (Fsp3) is 0.304. The van der Waals surface area contributed by atoms with Crippen LogP contribution in [0.15, 0.2) is 42.5 Å². The maximum absolute atomic E-state index is 13.7. The lowest BCUT2D eigenvalue weighted by atomic mass is 10.0. The topological polar surface area (TPSA) is 59.8 Å². The van der Waals surface area contributed by atoms with Crippen molar-refractivity contribution in [2.75, 3.05) is 25.5 Å². The molecular weight excluding hydrogens is 475 g/mol. The molecule has 0 spiro atoms. The molecule has 0 bridgehead atoms. The van der Waals surface area contributed by atoms with Crippen LogP contribution in [0, 0.1) is 0 Å². The molecule has 0 aliphatic carbocycles. The molecule has 0 atom stereocenters. The van der Waals surface area contributed by atoms with Crippen molar-refractivity contribution >= 4 is 11.6 Å². The summed E-state index contributed by atoms with van der Waals surface area (Å²) in [5.74, 6) is -0.876. The van der Waals surface area contributed by atoms with Gasteiger partial charge < -0.3 is 19.3 Å². The molecule has 35 heavy (non-hydrogen) atoms. The Labute approximate surface area is 196 Å². The molecular formula is C23H19F5N4O3. The zero-order valence-electron chi connectivity index (χ0n) is 18.6. The van der Waals surface area contributed by atoms with Gasteiger partial charge in [-0.15, -0.1) is 8.78 Å². The first-order valence-corrected chi connectivity index (χ1v) is 10.6. The number of ether oxygens (including phenoxy) is 2. The molecule has 7 nitrogen and oxygen atoms in total. The molecule has 1 aromatic heterocycles. The van der Waals surface area contributed by atoms with E-state index in [1.807, 2.05) is 0 Å². The van der Waals surface area contributed by atoms with Crippen molar-refractivity contribution in [3.8, 4) is 17.2 Å². The third-order valence-corrected chi connectivity index (χ3v) is 5.93. The zero-order chi connectivity index (χ0) is 25.1. The van der Waals surface area contributed by atoms with E-state index >= 15 is 0 Å². The predicted molar refractivity (Wildman–Crippen MR) is 114 cm³/mol. The molecule has 2 aromatic carbocycles. The molecule has 0 radical (unpaired) electrons. The molecule has 12 heteroatoms. The number of likely N-dealkylation sites (N-methyl/N-ethyl adjacent to an activating group) is 1. The van der Waals surface area contributed by atoms with Crippen molar-refractivity contribution in [2.45, 2.75) is 25.4 Å². The van der Waals surface area contributed by atoms with E-state index in [-0.39, 0.29) is 34.9 Å². The van der Waals surface area contributed by atoms with E-state index in [4.69, 9.17) is 0 Å². The molecule has 0 unspecified atom stereocenters. The summed E-state index contributed by atoms with van der Waals surface area (Å²) in [6.07, 6.45) is -8.03. The first-order valence-electron chi connectivity index (χ1n) is 10.6. The summed E-state index contributed by atoms with van der Waals surface area (Å²) in [7, 11) is 3.19. The van der Waals surface area contributed by atoms with E-state index in [2.05, 4.69) is 14.6 Å².